The summed E-state index contributed by atoms with van der Waals surface area (Å²) in [5.41, 5.74) is 0.572. The predicted octanol–water partition coefficient (Wildman–Crippen LogP) is -0.786. The molecule has 0 aromatic carbocycles. The van der Waals surface area contributed by atoms with Crippen molar-refractivity contribution in [2.24, 2.45) is 0 Å². The fourth-order valence-corrected chi connectivity index (χ4v) is 0.376. The molecule has 1 aromatic rings. The Labute approximate surface area is 44.4 Å². The number of hydrogen-bond donors (Lipinski definition) is 0. The Morgan fingerprint density at radius 3 is 2.86 bits per heavy atom. The van der Waals surface area contributed by atoms with E-state index >= 15 is 0 Å². The summed E-state index contributed by atoms with van der Waals surface area (Å²) in [6, 6.07) is 3.60. The van der Waals surface area contributed by atoms with Crippen molar-refractivity contribution in [3.63, 3.8) is 0 Å². The van der Waals surface area contributed by atoms with E-state index in [4.69, 9.17) is 7.85 Å². The summed E-state index contributed by atoms with van der Waals surface area (Å²) in [6.45, 7) is 0. The van der Waals surface area contributed by atoms with Crippen molar-refractivity contribution in [3.05, 3.63) is 18.1 Å². The van der Waals surface area contributed by atoms with Crippen LogP contribution in [0.15, 0.2) is 18.1 Å². The van der Waals surface area contributed by atoms with Crippen LogP contribution in [0.4, 0.5) is 0 Å². The number of hydrogen-bond acceptors (Lipinski definition) is 1. The first-order valence-corrected chi connectivity index (χ1v) is 2.06. The third-order valence-corrected chi connectivity index (χ3v) is 0.688. The van der Waals surface area contributed by atoms with Gasteiger partial charge in [-0.1, -0.05) is 0 Å². The second-order valence-electron chi connectivity index (χ2n) is 1.25. The van der Waals surface area contributed by atoms with Crippen molar-refractivity contribution in [1.82, 2.24) is 4.89 Å². The molecule has 1 heterocycles. The number of aromatic nitrogens is 1. The first kappa shape index (κ1) is 4.57. The Morgan fingerprint density at radius 2 is 2.57 bits per heavy atom. The first-order valence-electron chi connectivity index (χ1n) is 2.06. The molecule has 0 aliphatic carbocycles. The summed E-state index contributed by atoms with van der Waals surface area (Å²) in [7, 11) is 6.91. The van der Waals surface area contributed by atoms with Gasteiger partial charge in [0.15, 0.2) is 0 Å². The zero-order chi connectivity index (χ0) is 5.11. The molecule has 1 aromatic heterocycles. The van der Waals surface area contributed by atoms with Crippen LogP contribution >= 0.6 is 0 Å². The van der Waals surface area contributed by atoms with Crippen LogP contribution in [0.2, 0.25) is 0 Å². The molecule has 0 saturated carbocycles. The molecule has 1 nitrogen and oxygen atoms in total. The summed E-state index contributed by atoms with van der Waals surface area (Å²) in [5.74, 6) is 1.83. The molecule has 3 heteroatoms. The molecule has 0 fully saturated rings. The van der Waals surface area contributed by atoms with E-state index in [0.29, 0.717) is 5.59 Å². The van der Waals surface area contributed by atoms with E-state index in [-0.39, 0.29) is 0 Å². The van der Waals surface area contributed by atoms with Gasteiger partial charge in [-0.3, -0.25) is 0 Å². The Balaban J connectivity index is 3.02. The standard InChI is InChI=1S/C4H3B2N/c5-4-2-1-3-6-7-4/h1-3H. The molecule has 0 saturated heterocycles. The van der Waals surface area contributed by atoms with Crippen molar-refractivity contribution in [1.29, 1.82) is 0 Å². The van der Waals surface area contributed by atoms with Gasteiger partial charge in [-0.05, 0) is 0 Å². The van der Waals surface area contributed by atoms with E-state index in [1.165, 1.54) is 0 Å². The first-order chi connectivity index (χ1) is 3.39. The molecule has 0 atom stereocenters. The maximum absolute atomic E-state index is 5.25. The third-order valence-electron chi connectivity index (χ3n) is 0.688. The van der Waals surface area contributed by atoms with Crippen LogP contribution in [-0.4, -0.2) is 19.8 Å². The monoisotopic (exact) mass is 87.0 g/mol. The summed E-state index contributed by atoms with van der Waals surface area (Å²) < 4.78 is 0. The van der Waals surface area contributed by atoms with Gasteiger partial charge in [-0.2, -0.15) is 0 Å². The minimum atomic E-state index is 0.572. The van der Waals surface area contributed by atoms with Gasteiger partial charge in [0.25, 0.3) is 0 Å². The van der Waals surface area contributed by atoms with Crippen molar-refractivity contribution in [2.75, 3.05) is 0 Å². The minimum absolute atomic E-state index is 0.572. The molecule has 1 rings (SSSR count). The Bertz CT molecular complexity index is 140. The molecule has 2 radical (unpaired) electrons. The molecule has 0 bridgehead atoms. The van der Waals surface area contributed by atoms with Crippen LogP contribution in [0.25, 0.3) is 0 Å². The summed E-state index contributed by atoms with van der Waals surface area (Å²) >= 11 is 0. The van der Waals surface area contributed by atoms with Gasteiger partial charge in [-0.15, -0.1) is 0 Å². The van der Waals surface area contributed by atoms with Gasteiger partial charge in [-0.25, -0.2) is 0 Å². The zero-order valence-electron chi connectivity index (χ0n) is 3.83. The number of nitrogens with zero attached hydrogens (tertiary/aromatic N) is 1. The van der Waals surface area contributed by atoms with Gasteiger partial charge < -0.3 is 0 Å². The quantitative estimate of drug-likeness (QED) is 0.378. The average Bonchev–Trinajstić information content (AvgIpc) is 1.69. The van der Waals surface area contributed by atoms with Crippen molar-refractivity contribution < 1.29 is 0 Å². The fourth-order valence-electron chi connectivity index (χ4n) is 0.376. The summed E-state index contributed by atoms with van der Waals surface area (Å²) in [5, 5.41) is 0. The summed E-state index contributed by atoms with van der Waals surface area (Å²) in [4.78, 5) is 3.76. The van der Waals surface area contributed by atoms with Crippen LogP contribution in [0.1, 0.15) is 0 Å². The van der Waals surface area contributed by atoms with E-state index in [2.05, 4.69) is 4.89 Å². The Morgan fingerprint density at radius 1 is 1.71 bits per heavy atom. The van der Waals surface area contributed by atoms with Crippen molar-refractivity contribution in [3.8, 4) is 0 Å². The van der Waals surface area contributed by atoms with Crippen LogP contribution < -0.4 is 5.59 Å². The molecular weight excluding hydrogens is 83.7 g/mol. The van der Waals surface area contributed by atoms with Gasteiger partial charge in [0.05, 0.1) is 0 Å². The van der Waals surface area contributed by atoms with Crippen molar-refractivity contribution in [2.45, 2.75) is 0 Å². The Hall–Kier alpha value is -0.590. The van der Waals surface area contributed by atoms with E-state index in [1.807, 2.05) is 12.0 Å². The second kappa shape index (κ2) is 1.92. The normalized spacial score (nSPS) is 8.00. The third kappa shape index (κ3) is 1.15. The molecular formula is C4H3B2N. The fraction of sp³-hybridized carbons (Fsp3) is 0. The molecule has 0 amide bonds. The van der Waals surface area contributed by atoms with Gasteiger partial charge in [0.2, 0.25) is 0 Å². The average molecular weight is 86.7 g/mol. The molecule has 0 N–H and O–H groups in total. The van der Waals surface area contributed by atoms with Crippen LogP contribution in [0, 0.1) is 0 Å². The second-order valence-corrected chi connectivity index (χ2v) is 1.25. The van der Waals surface area contributed by atoms with Crippen molar-refractivity contribution >= 4 is 20.5 Å². The van der Waals surface area contributed by atoms with E-state index in [0.717, 1.165) is 0 Å². The van der Waals surface area contributed by atoms with E-state index < -0.39 is 0 Å². The van der Waals surface area contributed by atoms with Gasteiger partial charge >= 0.3 is 43.5 Å². The zero-order valence-corrected chi connectivity index (χ0v) is 3.83. The Kier molecular flexibility index (Phi) is 1.25. The SMILES string of the molecule is [B]c1cccbn1. The van der Waals surface area contributed by atoms with Gasteiger partial charge in [0, 0.05) is 0 Å². The molecule has 7 heavy (non-hydrogen) atoms. The molecule has 0 unspecified atom stereocenters. The predicted molar refractivity (Wildman–Crippen MR) is 31.0 cm³/mol. The summed E-state index contributed by atoms with van der Waals surface area (Å²) in [6.07, 6.45) is 0. The van der Waals surface area contributed by atoms with E-state index in [1.54, 1.807) is 13.1 Å². The van der Waals surface area contributed by atoms with Crippen LogP contribution in [-0.2, 0) is 0 Å². The maximum atomic E-state index is 5.25. The number of rotatable bonds is 0. The molecule has 0 spiro atoms. The topological polar surface area (TPSA) is 12.9 Å². The molecule has 0 aliphatic rings. The molecule has 0 aliphatic heterocycles. The van der Waals surface area contributed by atoms with E-state index in [9.17, 15) is 0 Å². The van der Waals surface area contributed by atoms with Crippen LogP contribution in [0.3, 0.4) is 0 Å². The van der Waals surface area contributed by atoms with Gasteiger partial charge in [0.1, 0.15) is 0 Å². The molecule has 30 valence electrons. The van der Waals surface area contributed by atoms with Crippen LogP contribution in [0.5, 0.6) is 0 Å².